The summed E-state index contributed by atoms with van der Waals surface area (Å²) in [4.78, 5) is 22.6. The predicted octanol–water partition coefficient (Wildman–Crippen LogP) is 2.42. The van der Waals surface area contributed by atoms with Crippen LogP contribution in [0.15, 0.2) is 42.1 Å². The Morgan fingerprint density at radius 1 is 1.41 bits per heavy atom. The Hall–Kier alpha value is -2.76. The molecule has 1 aliphatic rings. The van der Waals surface area contributed by atoms with E-state index in [1.165, 1.54) is 7.11 Å². The first-order valence-electron chi connectivity index (χ1n) is 6.73. The zero-order valence-corrected chi connectivity index (χ0v) is 12.4. The Labute approximate surface area is 128 Å². The molecular formula is C16H18N2O4. The zero-order chi connectivity index (χ0) is 16.3. The van der Waals surface area contributed by atoms with Crippen LogP contribution in [-0.2, 0) is 10.2 Å². The van der Waals surface area contributed by atoms with Gasteiger partial charge in [-0.2, -0.15) is 0 Å². The van der Waals surface area contributed by atoms with Crippen molar-refractivity contribution in [3.63, 3.8) is 0 Å². The van der Waals surface area contributed by atoms with E-state index in [4.69, 9.17) is 15.6 Å². The van der Waals surface area contributed by atoms with E-state index >= 15 is 0 Å². The number of amides is 1. The molecule has 0 heterocycles. The van der Waals surface area contributed by atoms with Crippen molar-refractivity contribution >= 4 is 17.7 Å². The lowest BCUT2D eigenvalue weighted by Gasteiger charge is -2.31. The van der Waals surface area contributed by atoms with Gasteiger partial charge in [-0.1, -0.05) is 31.2 Å². The first kappa shape index (κ1) is 15.6. The third-order valence-electron chi connectivity index (χ3n) is 3.71. The van der Waals surface area contributed by atoms with Gasteiger partial charge in [-0.05, 0) is 17.7 Å². The number of carbonyl (C=O) groups excluding carboxylic acids is 1. The molecule has 0 radical (unpaired) electrons. The van der Waals surface area contributed by atoms with Crippen molar-refractivity contribution in [2.45, 2.75) is 18.8 Å². The van der Waals surface area contributed by atoms with Crippen molar-refractivity contribution in [3.05, 3.63) is 53.3 Å². The normalized spacial score (nSPS) is 20.2. The lowest BCUT2D eigenvalue weighted by atomic mass is 9.75. The van der Waals surface area contributed by atoms with Gasteiger partial charge in [-0.15, -0.1) is 0 Å². The van der Waals surface area contributed by atoms with Crippen LogP contribution in [0, 0.1) is 0 Å². The Balaban J connectivity index is 2.40. The lowest BCUT2D eigenvalue weighted by Crippen LogP contribution is -2.30. The van der Waals surface area contributed by atoms with Gasteiger partial charge in [0.25, 0.3) is 0 Å². The summed E-state index contributed by atoms with van der Waals surface area (Å²) in [5, 5.41) is 11.2. The van der Waals surface area contributed by atoms with Gasteiger partial charge in [0, 0.05) is 17.5 Å². The minimum absolute atomic E-state index is 0.303. The molecule has 0 saturated heterocycles. The average molecular weight is 302 g/mol. The average Bonchev–Trinajstić information content (AvgIpc) is 2.46. The van der Waals surface area contributed by atoms with Crippen LogP contribution in [0.1, 0.15) is 29.3 Å². The fraction of sp³-hybridized carbons (Fsp3) is 0.250. The molecule has 116 valence electrons. The van der Waals surface area contributed by atoms with Crippen LogP contribution in [-0.4, -0.2) is 24.3 Å². The second-order valence-corrected chi connectivity index (χ2v) is 5.33. The van der Waals surface area contributed by atoms with Gasteiger partial charge < -0.3 is 15.6 Å². The smallest absolute Gasteiger partial charge is 0.408 e. The lowest BCUT2D eigenvalue weighted by molar-refractivity contribution is 0.0601. The van der Waals surface area contributed by atoms with E-state index in [0.29, 0.717) is 23.4 Å². The van der Waals surface area contributed by atoms with Crippen LogP contribution in [0.5, 0.6) is 0 Å². The van der Waals surface area contributed by atoms with E-state index in [2.05, 4.69) is 5.32 Å². The fourth-order valence-electron chi connectivity index (χ4n) is 2.65. The van der Waals surface area contributed by atoms with Crippen LogP contribution >= 0.6 is 0 Å². The molecule has 1 aliphatic carbocycles. The highest BCUT2D eigenvalue weighted by Crippen LogP contribution is 2.38. The fourth-order valence-corrected chi connectivity index (χ4v) is 2.65. The van der Waals surface area contributed by atoms with Crippen molar-refractivity contribution < 1.29 is 19.4 Å². The molecule has 1 unspecified atom stereocenters. The minimum atomic E-state index is -1.11. The number of rotatable bonds is 3. The molecule has 1 amide bonds. The number of allylic oxidation sites excluding steroid dienone is 4. The summed E-state index contributed by atoms with van der Waals surface area (Å²) >= 11 is 0. The topological polar surface area (TPSA) is 102 Å². The number of carboxylic acid groups (broad SMARTS) is 1. The number of hydrogen-bond acceptors (Lipinski definition) is 4. The maximum Gasteiger partial charge on any atom is 0.408 e. The molecule has 6 heteroatoms. The van der Waals surface area contributed by atoms with E-state index < -0.39 is 17.5 Å². The van der Waals surface area contributed by atoms with Gasteiger partial charge in [0.1, 0.15) is 0 Å². The van der Waals surface area contributed by atoms with Crippen molar-refractivity contribution in [2.24, 2.45) is 0 Å². The molecule has 6 nitrogen and oxygen atoms in total. The first-order valence-corrected chi connectivity index (χ1v) is 6.73. The monoisotopic (exact) mass is 302 g/mol. The van der Waals surface area contributed by atoms with Gasteiger partial charge in [0.2, 0.25) is 0 Å². The number of esters is 1. The molecular weight excluding hydrogens is 284 g/mol. The Kier molecular flexibility index (Phi) is 4.21. The molecule has 0 aliphatic heterocycles. The number of methoxy groups -OCH3 is 1. The summed E-state index contributed by atoms with van der Waals surface area (Å²) in [7, 11) is 1.30. The van der Waals surface area contributed by atoms with Crippen molar-refractivity contribution in [3.8, 4) is 0 Å². The number of para-hydroxylation sites is 1. The first-order chi connectivity index (χ1) is 10.4. The van der Waals surface area contributed by atoms with Gasteiger partial charge >= 0.3 is 12.1 Å². The third-order valence-corrected chi connectivity index (χ3v) is 3.71. The molecule has 1 aromatic carbocycles. The van der Waals surface area contributed by atoms with Gasteiger partial charge in [0.05, 0.1) is 18.4 Å². The Morgan fingerprint density at radius 2 is 2.14 bits per heavy atom. The Bertz CT molecular complexity index is 679. The summed E-state index contributed by atoms with van der Waals surface area (Å²) in [5.74, 6) is -0.498. The van der Waals surface area contributed by atoms with Crippen molar-refractivity contribution in [1.29, 1.82) is 0 Å². The molecule has 22 heavy (non-hydrogen) atoms. The highest BCUT2D eigenvalue weighted by molar-refractivity contribution is 5.96. The van der Waals surface area contributed by atoms with E-state index in [1.54, 1.807) is 24.3 Å². The molecule has 0 saturated carbocycles. The van der Waals surface area contributed by atoms with Crippen molar-refractivity contribution in [1.82, 2.24) is 5.32 Å². The van der Waals surface area contributed by atoms with Crippen LogP contribution < -0.4 is 11.1 Å². The van der Waals surface area contributed by atoms with Crippen LogP contribution in [0.4, 0.5) is 10.5 Å². The third kappa shape index (κ3) is 2.95. The molecule has 4 N–H and O–H groups in total. The number of nitrogen functional groups attached to an aromatic ring is 1. The molecule has 1 atom stereocenters. The number of ether oxygens (including phenoxy) is 1. The number of nitrogens with one attached hydrogen (secondary N) is 1. The largest absolute Gasteiger partial charge is 0.465 e. The van der Waals surface area contributed by atoms with Crippen molar-refractivity contribution in [2.75, 3.05) is 12.8 Å². The SMILES string of the molecule is COC(=O)c1cccc(C2(C)C=CC=C(NC(=O)O)C2)c1N. The second-order valence-electron chi connectivity index (χ2n) is 5.33. The molecule has 0 aromatic heterocycles. The van der Waals surface area contributed by atoms with Crippen LogP contribution in [0.3, 0.4) is 0 Å². The van der Waals surface area contributed by atoms with E-state index in [9.17, 15) is 9.59 Å². The maximum absolute atomic E-state index is 11.8. The number of benzene rings is 1. The van der Waals surface area contributed by atoms with Crippen LogP contribution in [0.25, 0.3) is 0 Å². The van der Waals surface area contributed by atoms with Crippen LogP contribution in [0.2, 0.25) is 0 Å². The summed E-state index contributed by atoms with van der Waals surface area (Å²) in [6, 6.07) is 5.17. The Morgan fingerprint density at radius 3 is 2.77 bits per heavy atom. The van der Waals surface area contributed by atoms with E-state index in [0.717, 1.165) is 5.56 Å². The van der Waals surface area contributed by atoms with E-state index in [-0.39, 0.29) is 0 Å². The summed E-state index contributed by atoms with van der Waals surface area (Å²) in [6.07, 6.45) is 4.74. The standard InChI is InChI=1S/C16H18N2O4/c1-16(8-4-5-10(9-16)18-15(20)21)12-7-3-6-11(13(12)17)14(19)22-2/h3-8,18H,9,17H2,1-2H3,(H,20,21). The maximum atomic E-state index is 11.8. The zero-order valence-electron chi connectivity index (χ0n) is 12.4. The highest BCUT2D eigenvalue weighted by Gasteiger charge is 2.31. The number of nitrogens with two attached hydrogens (primary N) is 1. The highest BCUT2D eigenvalue weighted by atomic mass is 16.5. The number of carbonyl (C=O) groups is 2. The van der Waals surface area contributed by atoms with E-state index in [1.807, 2.05) is 19.1 Å². The van der Waals surface area contributed by atoms with Gasteiger partial charge in [-0.25, -0.2) is 9.59 Å². The minimum Gasteiger partial charge on any atom is -0.465 e. The quantitative estimate of drug-likeness (QED) is 0.588. The second kappa shape index (κ2) is 5.93. The summed E-state index contributed by atoms with van der Waals surface area (Å²) in [5.41, 5.74) is 7.59. The molecule has 1 aromatic rings. The molecule has 2 rings (SSSR count). The predicted molar refractivity (Wildman–Crippen MR) is 82.5 cm³/mol. The summed E-state index contributed by atoms with van der Waals surface area (Å²) in [6.45, 7) is 1.94. The molecule has 0 spiro atoms. The van der Waals surface area contributed by atoms with Gasteiger partial charge in [0.15, 0.2) is 0 Å². The number of hydrogen-bond donors (Lipinski definition) is 3. The summed E-state index contributed by atoms with van der Waals surface area (Å²) < 4.78 is 4.73. The number of anilines is 1. The van der Waals surface area contributed by atoms with Gasteiger partial charge in [-0.3, -0.25) is 5.32 Å². The molecule has 0 bridgehead atoms. The molecule has 0 fully saturated rings.